The van der Waals surface area contributed by atoms with E-state index < -0.39 is 0 Å². The van der Waals surface area contributed by atoms with Crippen molar-refractivity contribution >= 4 is 0 Å². The van der Waals surface area contributed by atoms with E-state index in [0.717, 1.165) is 51.9 Å². The predicted octanol–water partition coefficient (Wildman–Crippen LogP) is 1.47. The number of aliphatic hydroxyl groups is 1. The van der Waals surface area contributed by atoms with Crippen molar-refractivity contribution in [2.75, 3.05) is 33.2 Å². The van der Waals surface area contributed by atoms with Gasteiger partial charge in [0.05, 0.1) is 6.10 Å². The van der Waals surface area contributed by atoms with Crippen molar-refractivity contribution in [1.29, 1.82) is 0 Å². The number of nitrogens with one attached hydrogen (secondary N) is 1. The molecule has 17 heavy (non-hydrogen) atoms. The largest absolute Gasteiger partial charge is 0.392 e. The summed E-state index contributed by atoms with van der Waals surface area (Å²) < 4.78 is 0. The first kappa shape index (κ1) is 13.3. The molecule has 2 aliphatic heterocycles. The van der Waals surface area contributed by atoms with Crippen LogP contribution < -0.4 is 5.32 Å². The van der Waals surface area contributed by atoms with Gasteiger partial charge in [-0.05, 0) is 19.9 Å². The highest BCUT2D eigenvalue weighted by Gasteiger charge is 2.56. The van der Waals surface area contributed by atoms with Gasteiger partial charge in [-0.25, -0.2) is 0 Å². The molecule has 2 saturated heterocycles. The summed E-state index contributed by atoms with van der Waals surface area (Å²) in [5, 5.41) is 14.5. The lowest BCUT2D eigenvalue weighted by Gasteiger charge is -2.59. The van der Waals surface area contributed by atoms with Gasteiger partial charge in [-0.3, -0.25) is 0 Å². The van der Waals surface area contributed by atoms with Gasteiger partial charge in [0, 0.05) is 37.0 Å². The van der Waals surface area contributed by atoms with Crippen molar-refractivity contribution in [3.63, 3.8) is 0 Å². The number of aliphatic hydroxyl groups excluding tert-OH is 1. The normalized spacial score (nSPS) is 42.7. The maximum Gasteiger partial charge on any atom is 0.0701 e. The van der Waals surface area contributed by atoms with Crippen molar-refractivity contribution in [1.82, 2.24) is 10.2 Å². The molecule has 0 saturated carbocycles. The average Bonchev–Trinajstić information content (AvgIpc) is 2.24. The molecule has 0 radical (unpaired) electrons. The molecule has 0 spiro atoms. The lowest BCUT2D eigenvalue weighted by molar-refractivity contribution is -0.157. The van der Waals surface area contributed by atoms with Gasteiger partial charge in [-0.2, -0.15) is 0 Å². The standard InChI is InChI=1S/C14H28N2O/c1-4-6-13-8-15-9-14(7-5-2,12(13)17)11-16(3)10-13/h12,15,17H,4-11H2,1-3H3/t12?,13-,14+. The van der Waals surface area contributed by atoms with Gasteiger partial charge in [-0.1, -0.05) is 26.7 Å². The van der Waals surface area contributed by atoms with Gasteiger partial charge in [0.2, 0.25) is 0 Å². The minimum atomic E-state index is -0.118. The predicted molar refractivity (Wildman–Crippen MR) is 71.1 cm³/mol. The number of nitrogens with zero attached hydrogens (tertiary/aromatic N) is 1. The molecule has 2 aliphatic rings. The molecule has 2 fully saturated rings. The van der Waals surface area contributed by atoms with Crippen molar-refractivity contribution < 1.29 is 5.11 Å². The smallest absolute Gasteiger partial charge is 0.0701 e. The second-order valence-electron chi connectivity index (χ2n) is 6.40. The summed E-state index contributed by atoms with van der Waals surface area (Å²) >= 11 is 0. The maximum absolute atomic E-state index is 10.9. The first-order chi connectivity index (χ1) is 8.08. The third-order valence-electron chi connectivity index (χ3n) is 4.78. The molecule has 3 nitrogen and oxygen atoms in total. The monoisotopic (exact) mass is 240 g/mol. The van der Waals surface area contributed by atoms with Gasteiger partial charge in [0.25, 0.3) is 0 Å². The third kappa shape index (κ3) is 2.13. The number of hydrogen-bond donors (Lipinski definition) is 2. The molecular formula is C14H28N2O. The SMILES string of the molecule is CCC[C@]12CNC[C@](CCC)(CN(C)C1)C2O. The molecule has 0 aliphatic carbocycles. The molecule has 0 aromatic rings. The molecule has 2 bridgehead atoms. The maximum atomic E-state index is 10.9. The Bertz CT molecular complexity index is 239. The molecule has 0 aromatic carbocycles. The molecule has 3 heteroatoms. The molecule has 3 atom stereocenters. The fraction of sp³-hybridized carbons (Fsp3) is 1.00. The Labute approximate surface area is 106 Å². The van der Waals surface area contributed by atoms with E-state index in [-0.39, 0.29) is 16.9 Å². The third-order valence-corrected chi connectivity index (χ3v) is 4.78. The minimum Gasteiger partial charge on any atom is -0.392 e. The van der Waals surface area contributed by atoms with Gasteiger partial charge in [0.1, 0.15) is 0 Å². The van der Waals surface area contributed by atoms with E-state index in [4.69, 9.17) is 0 Å². The number of fused-ring (bicyclic) bond motifs is 2. The van der Waals surface area contributed by atoms with E-state index in [1.807, 2.05) is 0 Å². The summed E-state index contributed by atoms with van der Waals surface area (Å²) in [6.07, 6.45) is 4.48. The fourth-order valence-corrected chi connectivity index (χ4v) is 4.42. The summed E-state index contributed by atoms with van der Waals surface area (Å²) in [5.74, 6) is 0. The van der Waals surface area contributed by atoms with Gasteiger partial charge >= 0.3 is 0 Å². The fourth-order valence-electron chi connectivity index (χ4n) is 4.42. The molecule has 1 unspecified atom stereocenters. The summed E-state index contributed by atoms with van der Waals surface area (Å²) in [7, 11) is 2.21. The Hall–Kier alpha value is -0.120. The second-order valence-corrected chi connectivity index (χ2v) is 6.40. The molecule has 2 rings (SSSR count). The Morgan fingerprint density at radius 1 is 1.12 bits per heavy atom. The first-order valence-corrected chi connectivity index (χ1v) is 7.16. The molecule has 2 heterocycles. The molecule has 0 amide bonds. The first-order valence-electron chi connectivity index (χ1n) is 7.16. The van der Waals surface area contributed by atoms with Crippen LogP contribution >= 0.6 is 0 Å². The van der Waals surface area contributed by atoms with Crippen LogP contribution in [-0.2, 0) is 0 Å². The number of hydrogen-bond acceptors (Lipinski definition) is 3. The Balaban J connectivity index is 2.27. The van der Waals surface area contributed by atoms with Crippen LogP contribution in [0.25, 0.3) is 0 Å². The molecule has 2 N–H and O–H groups in total. The highest BCUT2D eigenvalue weighted by Crippen LogP contribution is 2.47. The summed E-state index contributed by atoms with van der Waals surface area (Å²) in [5.41, 5.74) is 0.185. The van der Waals surface area contributed by atoms with E-state index in [0.29, 0.717) is 0 Å². The van der Waals surface area contributed by atoms with Crippen LogP contribution in [0.5, 0.6) is 0 Å². The van der Waals surface area contributed by atoms with Crippen LogP contribution in [0.4, 0.5) is 0 Å². The molecule has 100 valence electrons. The van der Waals surface area contributed by atoms with E-state index in [2.05, 4.69) is 31.1 Å². The van der Waals surface area contributed by atoms with Crippen molar-refractivity contribution in [2.24, 2.45) is 10.8 Å². The lowest BCUT2D eigenvalue weighted by atomic mass is 9.59. The van der Waals surface area contributed by atoms with E-state index in [1.165, 1.54) is 0 Å². The zero-order valence-electron chi connectivity index (χ0n) is 11.6. The minimum absolute atomic E-state index is 0.0924. The Morgan fingerprint density at radius 3 is 2.00 bits per heavy atom. The molecule has 0 aromatic heterocycles. The highest BCUT2D eigenvalue weighted by atomic mass is 16.3. The van der Waals surface area contributed by atoms with Crippen LogP contribution in [0.3, 0.4) is 0 Å². The summed E-state index contributed by atoms with van der Waals surface area (Å²) in [6, 6.07) is 0. The Kier molecular flexibility index (Phi) is 3.81. The van der Waals surface area contributed by atoms with Crippen LogP contribution in [0, 0.1) is 10.8 Å². The van der Waals surface area contributed by atoms with Gasteiger partial charge in [0.15, 0.2) is 0 Å². The lowest BCUT2D eigenvalue weighted by Crippen LogP contribution is -2.70. The Morgan fingerprint density at radius 2 is 1.59 bits per heavy atom. The summed E-state index contributed by atoms with van der Waals surface area (Å²) in [4.78, 5) is 2.44. The van der Waals surface area contributed by atoms with E-state index >= 15 is 0 Å². The van der Waals surface area contributed by atoms with Crippen molar-refractivity contribution in [3.05, 3.63) is 0 Å². The second kappa shape index (κ2) is 4.87. The zero-order valence-corrected chi connectivity index (χ0v) is 11.6. The van der Waals surface area contributed by atoms with Crippen molar-refractivity contribution in [3.8, 4) is 0 Å². The van der Waals surface area contributed by atoms with Crippen LogP contribution in [0.15, 0.2) is 0 Å². The van der Waals surface area contributed by atoms with Crippen LogP contribution in [0.2, 0.25) is 0 Å². The van der Waals surface area contributed by atoms with E-state index in [1.54, 1.807) is 0 Å². The highest BCUT2D eigenvalue weighted by molar-refractivity contribution is 5.09. The van der Waals surface area contributed by atoms with E-state index in [9.17, 15) is 5.11 Å². The topological polar surface area (TPSA) is 35.5 Å². The average molecular weight is 240 g/mol. The van der Waals surface area contributed by atoms with Crippen LogP contribution in [-0.4, -0.2) is 49.3 Å². The van der Waals surface area contributed by atoms with Crippen molar-refractivity contribution in [2.45, 2.75) is 45.6 Å². The van der Waals surface area contributed by atoms with Gasteiger partial charge < -0.3 is 15.3 Å². The van der Waals surface area contributed by atoms with Gasteiger partial charge in [-0.15, -0.1) is 0 Å². The number of rotatable bonds is 4. The molecular weight excluding hydrogens is 212 g/mol. The number of likely N-dealkylation sites (tertiary alicyclic amines) is 1. The summed E-state index contributed by atoms with van der Waals surface area (Å²) in [6.45, 7) is 8.51. The number of piperidine rings is 2. The van der Waals surface area contributed by atoms with Crippen LogP contribution in [0.1, 0.15) is 39.5 Å². The quantitative estimate of drug-likeness (QED) is 0.781. The zero-order chi connectivity index (χ0) is 12.5.